The third-order valence-corrected chi connectivity index (χ3v) is 4.04. The molecule has 1 N–H and O–H groups in total. The van der Waals surface area contributed by atoms with E-state index in [9.17, 15) is 4.79 Å². The van der Waals surface area contributed by atoms with E-state index in [4.69, 9.17) is 4.74 Å². The summed E-state index contributed by atoms with van der Waals surface area (Å²) in [5, 5.41) is 2.91. The summed E-state index contributed by atoms with van der Waals surface area (Å²) in [5.74, 6) is 0.606. The van der Waals surface area contributed by atoms with Crippen molar-refractivity contribution >= 4 is 11.6 Å². The van der Waals surface area contributed by atoms with Crippen molar-refractivity contribution in [1.82, 2.24) is 0 Å². The number of nitrogens with one attached hydrogen (secondary N) is 1. The molecule has 0 fully saturated rings. The summed E-state index contributed by atoms with van der Waals surface area (Å²) in [5.41, 5.74) is 4.32. The number of carbonyl (C=O) groups excluding carboxylic acids is 1. The maximum atomic E-state index is 12.3. The zero-order valence-corrected chi connectivity index (χ0v) is 15.1. The van der Waals surface area contributed by atoms with Crippen LogP contribution in [0.5, 0.6) is 5.75 Å². The molecule has 0 bridgehead atoms. The quantitative estimate of drug-likeness (QED) is 0.773. The summed E-state index contributed by atoms with van der Waals surface area (Å²) in [4.78, 5) is 12.3. The van der Waals surface area contributed by atoms with Gasteiger partial charge in [0.15, 0.2) is 6.10 Å². The predicted molar refractivity (Wildman–Crippen MR) is 99.7 cm³/mol. The van der Waals surface area contributed by atoms with Gasteiger partial charge < -0.3 is 10.1 Å². The Hall–Kier alpha value is -2.29. The van der Waals surface area contributed by atoms with Gasteiger partial charge >= 0.3 is 0 Å². The zero-order valence-electron chi connectivity index (χ0n) is 15.1. The SMILES string of the molecule is CCCCc1ccc(NC(=O)[C@H](C)Oc2ccc(C)cc2C)cc1. The van der Waals surface area contributed by atoms with Crippen LogP contribution in [-0.2, 0) is 11.2 Å². The fourth-order valence-electron chi connectivity index (χ4n) is 2.56. The molecular formula is C21H27NO2. The number of unbranched alkanes of at least 4 members (excludes halogenated alkanes) is 1. The van der Waals surface area contributed by atoms with Gasteiger partial charge in [0, 0.05) is 5.69 Å². The second kappa shape index (κ2) is 8.53. The molecule has 0 unspecified atom stereocenters. The van der Waals surface area contributed by atoms with Crippen LogP contribution in [0.3, 0.4) is 0 Å². The summed E-state index contributed by atoms with van der Waals surface area (Å²) in [6.45, 7) is 7.98. The lowest BCUT2D eigenvalue weighted by atomic mass is 10.1. The first kappa shape index (κ1) is 18.1. The van der Waals surface area contributed by atoms with E-state index in [2.05, 4.69) is 30.4 Å². The molecule has 1 amide bonds. The van der Waals surface area contributed by atoms with Crippen LogP contribution in [-0.4, -0.2) is 12.0 Å². The molecule has 0 saturated carbocycles. The van der Waals surface area contributed by atoms with Crippen LogP contribution in [0.15, 0.2) is 42.5 Å². The summed E-state index contributed by atoms with van der Waals surface area (Å²) < 4.78 is 5.80. The minimum Gasteiger partial charge on any atom is -0.481 e. The van der Waals surface area contributed by atoms with Crippen LogP contribution in [0, 0.1) is 13.8 Å². The van der Waals surface area contributed by atoms with E-state index >= 15 is 0 Å². The molecule has 0 spiro atoms. The Balaban J connectivity index is 1.93. The Morgan fingerprint density at radius 1 is 1.12 bits per heavy atom. The second-order valence-corrected chi connectivity index (χ2v) is 6.32. The van der Waals surface area contributed by atoms with E-state index in [1.54, 1.807) is 6.92 Å². The minimum absolute atomic E-state index is 0.142. The fraction of sp³-hybridized carbons (Fsp3) is 0.381. The van der Waals surface area contributed by atoms with Crippen LogP contribution >= 0.6 is 0 Å². The lowest BCUT2D eigenvalue weighted by Crippen LogP contribution is -2.30. The Bertz CT molecular complexity index is 677. The summed E-state index contributed by atoms with van der Waals surface area (Å²) in [6.07, 6.45) is 2.90. The molecule has 128 valence electrons. The van der Waals surface area contributed by atoms with Crippen molar-refractivity contribution in [3.63, 3.8) is 0 Å². The van der Waals surface area contributed by atoms with Gasteiger partial charge in [0.25, 0.3) is 5.91 Å². The molecule has 0 saturated heterocycles. The Labute approximate surface area is 145 Å². The maximum Gasteiger partial charge on any atom is 0.265 e. The van der Waals surface area contributed by atoms with Crippen molar-refractivity contribution in [3.8, 4) is 5.75 Å². The van der Waals surface area contributed by atoms with Crippen molar-refractivity contribution in [1.29, 1.82) is 0 Å². The van der Waals surface area contributed by atoms with Gasteiger partial charge in [-0.05, 0) is 62.9 Å². The average Bonchev–Trinajstić information content (AvgIpc) is 2.56. The highest BCUT2D eigenvalue weighted by molar-refractivity contribution is 5.94. The fourth-order valence-corrected chi connectivity index (χ4v) is 2.56. The molecule has 2 rings (SSSR count). The van der Waals surface area contributed by atoms with Crippen LogP contribution in [0.25, 0.3) is 0 Å². The molecule has 2 aromatic carbocycles. The molecule has 1 atom stereocenters. The first-order chi connectivity index (χ1) is 11.5. The van der Waals surface area contributed by atoms with Gasteiger partial charge in [-0.2, -0.15) is 0 Å². The summed E-state index contributed by atoms with van der Waals surface area (Å²) in [6, 6.07) is 14.0. The van der Waals surface area contributed by atoms with Gasteiger partial charge in [-0.1, -0.05) is 43.2 Å². The van der Waals surface area contributed by atoms with Crippen LogP contribution in [0.2, 0.25) is 0 Å². The van der Waals surface area contributed by atoms with Crippen molar-refractivity contribution in [2.45, 2.75) is 53.1 Å². The maximum absolute atomic E-state index is 12.3. The number of aryl methyl sites for hydroxylation is 3. The van der Waals surface area contributed by atoms with Crippen molar-refractivity contribution in [2.75, 3.05) is 5.32 Å². The number of hydrogen-bond donors (Lipinski definition) is 1. The van der Waals surface area contributed by atoms with Gasteiger partial charge in [0.05, 0.1) is 0 Å². The standard InChI is InChI=1S/C21H27NO2/c1-5-6-7-18-9-11-19(12-10-18)22-21(23)17(4)24-20-13-8-15(2)14-16(20)3/h8-14,17H,5-7H2,1-4H3,(H,22,23)/t17-/m0/s1. The smallest absolute Gasteiger partial charge is 0.265 e. The molecule has 0 aromatic heterocycles. The number of carbonyl (C=O) groups is 1. The Morgan fingerprint density at radius 3 is 2.46 bits per heavy atom. The number of amides is 1. The van der Waals surface area contributed by atoms with Gasteiger partial charge in [0.1, 0.15) is 5.75 Å². The normalized spacial score (nSPS) is 11.8. The number of benzene rings is 2. The van der Waals surface area contributed by atoms with Crippen LogP contribution < -0.4 is 10.1 Å². The monoisotopic (exact) mass is 325 g/mol. The lowest BCUT2D eigenvalue weighted by Gasteiger charge is -2.16. The van der Waals surface area contributed by atoms with E-state index in [0.717, 1.165) is 23.4 Å². The molecule has 0 radical (unpaired) electrons. The highest BCUT2D eigenvalue weighted by Gasteiger charge is 2.15. The van der Waals surface area contributed by atoms with Crippen LogP contribution in [0.1, 0.15) is 43.4 Å². The largest absolute Gasteiger partial charge is 0.481 e. The first-order valence-corrected chi connectivity index (χ1v) is 8.63. The third kappa shape index (κ3) is 5.12. The summed E-state index contributed by atoms with van der Waals surface area (Å²) >= 11 is 0. The number of anilines is 1. The van der Waals surface area contributed by atoms with Crippen molar-refractivity contribution < 1.29 is 9.53 Å². The topological polar surface area (TPSA) is 38.3 Å². The average molecular weight is 325 g/mol. The summed E-state index contributed by atoms with van der Waals surface area (Å²) in [7, 11) is 0. The van der Waals surface area contributed by atoms with Crippen LogP contribution in [0.4, 0.5) is 5.69 Å². The predicted octanol–water partition coefficient (Wildman–Crippen LogP) is 5.05. The zero-order chi connectivity index (χ0) is 17.5. The molecule has 0 heterocycles. The van der Waals surface area contributed by atoms with Gasteiger partial charge in [0.2, 0.25) is 0 Å². The molecule has 0 aliphatic carbocycles. The van der Waals surface area contributed by atoms with E-state index in [-0.39, 0.29) is 5.91 Å². The number of hydrogen-bond acceptors (Lipinski definition) is 2. The molecule has 0 aliphatic heterocycles. The molecule has 0 aliphatic rings. The van der Waals surface area contributed by atoms with Crippen molar-refractivity contribution in [3.05, 3.63) is 59.2 Å². The molecule has 24 heavy (non-hydrogen) atoms. The number of rotatable bonds is 7. The first-order valence-electron chi connectivity index (χ1n) is 8.63. The minimum atomic E-state index is -0.550. The Morgan fingerprint density at radius 2 is 1.83 bits per heavy atom. The lowest BCUT2D eigenvalue weighted by molar-refractivity contribution is -0.122. The number of ether oxygens (including phenoxy) is 1. The molecule has 3 heteroatoms. The van der Waals surface area contributed by atoms with Gasteiger partial charge in [-0.15, -0.1) is 0 Å². The van der Waals surface area contributed by atoms with E-state index in [0.29, 0.717) is 0 Å². The third-order valence-electron chi connectivity index (χ3n) is 4.04. The van der Waals surface area contributed by atoms with Gasteiger partial charge in [-0.3, -0.25) is 4.79 Å². The second-order valence-electron chi connectivity index (χ2n) is 6.32. The van der Waals surface area contributed by atoms with Gasteiger partial charge in [-0.25, -0.2) is 0 Å². The molecular weight excluding hydrogens is 298 g/mol. The van der Waals surface area contributed by atoms with Crippen molar-refractivity contribution in [2.24, 2.45) is 0 Å². The molecule has 2 aromatic rings. The molecule has 3 nitrogen and oxygen atoms in total. The highest BCUT2D eigenvalue weighted by Crippen LogP contribution is 2.20. The highest BCUT2D eigenvalue weighted by atomic mass is 16.5. The Kier molecular flexibility index (Phi) is 6.42. The van der Waals surface area contributed by atoms with E-state index < -0.39 is 6.10 Å². The van der Waals surface area contributed by atoms with E-state index in [1.165, 1.54) is 24.0 Å². The van der Waals surface area contributed by atoms with E-state index in [1.807, 2.05) is 38.1 Å².